The van der Waals surface area contributed by atoms with E-state index in [4.69, 9.17) is 9.72 Å². The molecular formula is C30H47N5O3. The fraction of sp³-hybridized carbons (Fsp3) is 0.767. The van der Waals surface area contributed by atoms with Crippen molar-refractivity contribution in [1.29, 1.82) is 0 Å². The van der Waals surface area contributed by atoms with Crippen LogP contribution in [0.3, 0.4) is 0 Å². The van der Waals surface area contributed by atoms with Crippen LogP contribution in [0.4, 0.5) is 5.82 Å². The van der Waals surface area contributed by atoms with Gasteiger partial charge in [-0.3, -0.25) is 9.59 Å². The van der Waals surface area contributed by atoms with Gasteiger partial charge in [0.2, 0.25) is 0 Å². The number of anilines is 1. The number of fused-ring (bicyclic) bond motifs is 1. The third-order valence-electron chi connectivity index (χ3n) is 9.07. The first-order valence-electron chi connectivity index (χ1n) is 15.3. The highest BCUT2D eigenvalue weighted by molar-refractivity contribution is 5.71. The quantitative estimate of drug-likeness (QED) is 0.548. The predicted octanol–water partition coefficient (Wildman–Crippen LogP) is 2.33. The van der Waals surface area contributed by atoms with Crippen LogP contribution in [0.2, 0.25) is 0 Å². The maximum absolute atomic E-state index is 14.1. The number of rotatable bonds is 7. The molecule has 1 unspecified atom stereocenters. The lowest BCUT2D eigenvalue weighted by Crippen LogP contribution is -2.53. The van der Waals surface area contributed by atoms with Gasteiger partial charge in [-0.15, -0.1) is 0 Å². The molecule has 0 radical (unpaired) electrons. The van der Waals surface area contributed by atoms with Gasteiger partial charge in [-0.2, -0.15) is 0 Å². The lowest BCUT2D eigenvalue weighted by Gasteiger charge is -2.39. The van der Waals surface area contributed by atoms with Gasteiger partial charge in [0.05, 0.1) is 23.8 Å². The van der Waals surface area contributed by atoms with Crippen molar-refractivity contribution in [3.63, 3.8) is 0 Å². The SMILES string of the molecule is CCOC(=O)CN[C@H]1CCN(c2nc3c(n(C4CCN(C5CCCCCCC5)CC4)c2=O)=CCC(C)C=3)C1. The topological polar surface area (TPSA) is 79.7 Å². The van der Waals surface area contributed by atoms with Crippen molar-refractivity contribution in [2.75, 3.05) is 44.2 Å². The van der Waals surface area contributed by atoms with E-state index in [1.165, 1.54) is 44.9 Å². The number of hydrogen-bond acceptors (Lipinski definition) is 7. The smallest absolute Gasteiger partial charge is 0.319 e. The van der Waals surface area contributed by atoms with Crippen molar-refractivity contribution in [3.8, 4) is 0 Å². The Morgan fingerprint density at radius 3 is 2.50 bits per heavy atom. The first-order valence-corrected chi connectivity index (χ1v) is 15.3. The van der Waals surface area contributed by atoms with E-state index in [2.05, 4.69) is 38.8 Å². The van der Waals surface area contributed by atoms with Gasteiger partial charge in [-0.05, 0) is 51.4 Å². The molecule has 1 saturated carbocycles. The maximum atomic E-state index is 14.1. The summed E-state index contributed by atoms with van der Waals surface area (Å²) in [6.07, 6.45) is 17.9. The van der Waals surface area contributed by atoms with Crippen LogP contribution in [0.25, 0.3) is 12.2 Å². The zero-order valence-corrected chi connectivity index (χ0v) is 23.5. The maximum Gasteiger partial charge on any atom is 0.319 e. The van der Waals surface area contributed by atoms with Gasteiger partial charge in [-0.1, -0.05) is 51.2 Å². The van der Waals surface area contributed by atoms with Crippen molar-refractivity contribution < 1.29 is 9.53 Å². The number of carbonyl (C=O) groups excluding carboxylic acids is 1. The zero-order chi connectivity index (χ0) is 26.5. The Morgan fingerprint density at radius 1 is 1.03 bits per heavy atom. The Morgan fingerprint density at radius 2 is 1.76 bits per heavy atom. The fourth-order valence-electron chi connectivity index (χ4n) is 6.96. The summed E-state index contributed by atoms with van der Waals surface area (Å²) in [6, 6.07) is 1.09. The number of hydrogen-bond donors (Lipinski definition) is 1. The molecular weight excluding hydrogens is 478 g/mol. The molecule has 4 aliphatic rings. The molecule has 5 rings (SSSR count). The molecule has 0 aromatic carbocycles. The lowest BCUT2D eigenvalue weighted by molar-refractivity contribution is -0.142. The summed E-state index contributed by atoms with van der Waals surface area (Å²) in [4.78, 5) is 35.6. The van der Waals surface area contributed by atoms with Gasteiger partial charge >= 0.3 is 5.97 Å². The molecule has 3 fully saturated rings. The Labute approximate surface area is 227 Å². The second kappa shape index (κ2) is 12.8. The Balaban J connectivity index is 1.34. The van der Waals surface area contributed by atoms with Crippen LogP contribution < -0.4 is 26.5 Å². The standard InChI is InChI=1S/C30H47N5O3/c1-3-38-28(36)20-31-23-13-16-34(21-23)29-30(37)35(27-12-11-22(2)19-26(27)32-29)25-14-17-33(18-15-25)24-9-7-5-4-6-8-10-24/h12,19,22-25,31H,3-11,13-18,20-21H2,1-2H3/t22?,23-/m0/s1. The van der Waals surface area contributed by atoms with Crippen molar-refractivity contribution in [1.82, 2.24) is 19.8 Å². The Hall–Kier alpha value is -2.19. The van der Waals surface area contributed by atoms with E-state index in [1.54, 1.807) is 0 Å². The van der Waals surface area contributed by atoms with E-state index < -0.39 is 0 Å². The minimum Gasteiger partial charge on any atom is -0.465 e. The molecule has 210 valence electrons. The number of esters is 1. The van der Waals surface area contributed by atoms with E-state index in [9.17, 15) is 9.59 Å². The monoisotopic (exact) mass is 525 g/mol. The summed E-state index contributed by atoms with van der Waals surface area (Å²) in [5.74, 6) is 0.767. The number of piperidine rings is 1. The largest absolute Gasteiger partial charge is 0.465 e. The molecule has 8 heteroatoms. The van der Waals surface area contributed by atoms with Gasteiger partial charge in [0.25, 0.3) is 5.56 Å². The number of likely N-dealkylation sites (tertiary alicyclic amines) is 1. The van der Waals surface area contributed by atoms with Crippen molar-refractivity contribution in [3.05, 3.63) is 21.1 Å². The van der Waals surface area contributed by atoms with Gasteiger partial charge in [-0.25, -0.2) is 4.98 Å². The van der Waals surface area contributed by atoms with Gasteiger partial charge < -0.3 is 24.4 Å². The van der Waals surface area contributed by atoms with Gasteiger partial charge in [0, 0.05) is 44.3 Å². The van der Waals surface area contributed by atoms with Crippen LogP contribution in [0.5, 0.6) is 0 Å². The van der Waals surface area contributed by atoms with E-state index in [0.717, 1.165) is 62.1 Å². The number of ether oxygens (including phenoxy) is 1. The predicted molar refractivity (Wildman–Crippen MR) is 152 cm³/mol. The van der Waals surface area contributed by atoms with Crippen LogP contribution in [-0.4, -0.2) is 71.8 Å². The summed E-state index contributed by atoms with van der Waals surface area (Å²) < 4.78 is 7.16. The Kier molecular flexibility index (Phi) is 9.20. The number of nitrogens with zero attached hydrogens (tertiary/aromatic N) is 4. The van der Waals surface area contributed by atoms with E-state index >= 15 is 0 Å². The average Bonchev–Trinajstić information content (AvgIpc) is 3.36. The van der Waals surface area contributed by atoms with Crippen molar-refractivity contribution in [2.45, 2.75) is 103 Å². The summed E-state index contributed by atoms with van der Waals surface area (Å²) in [7, 11) is 0. The minimum atomic E-state index is -0.231. The van der Waals surface area contributed by atoms with E-state index in [1.807, 2.05) is 6.92 Å². The highest BCUT2D eigenvalue weighted by atomic mass is 16.5. The normalized spacial score (nSPS) is 25.7. The highest BCUT2D eigenvalue weighted by Gasteiger charge is 2.31. The second-order valence-corrected chi connectivity index (χ2v) is 11.8. The van der Waals surface area contributed by atoms with Crippen molar-refractivity contribution >= 4 is 23.9 Å². The molecule has 8 nitrogen and oxygen atoms in total. The average molecular weight is 526 g/mol. The molecule has 0 amide bonds. The van der Waals surface area contributed by atoms with Crippen LogP contribution in [-0.2, 0) is 9.53 Å². The summed E-state index contributed by atoms with van der Waals surface area (Å²) in [5, 5.41) is 5.29. The molecule has 2 atom stereocenters. The van der Waals surface area contributed by atoms with Crippen molar-refractivity contribution in [2.24, 2.45) is 5.92 Å². The molecule has 1 aromatic heterocycles. The molecule has 1 N–H and O–H groups in total. The molecule has 3 heterocycles. The lowest BCUT2D eigenvalue weighted by atomic mass is 9.93. The number of carbonyl (C=O) groups is 1. The molecule has 2 aliphatic carbocycles. The fourth-order valence-corrected chi connectivity index (χ4v) is 6.96. The third-order valence-corrected chi connectivity index (χ3v) is 9.07. The molecule has 1 aromatic rings. The van der Waals surface area contributed by atoms with Crippen LogP contribution >= 0.6 is 0 Å². The summed E-state index contributed by atoms with van der Waals surface area (Å²) >= 11 is 0. The highest BCUT2D eigenvalue weighted by Crippen LogP contribution is 2.28. The van der Waals surface area contributed by atoms with Crippen LogP contribution in [0, 0.1) is 5.92 Å². The Bertz CT molecular complexity index is 1130. The molecule has 38 heavy (non-hydrogen) atoms. The van der Waals surface area contributed by atoms with E-state index in [0.29, 0.717) is 24.9 Å². The molecule has 2 aliphatic heterocycles. The summed E-state index contributed by atoms with van der Waals surface area (Å²) in [5.41, 5.74) is 0.0541. The minimum absolute atomic E-state index is 0.0541. The first kappa shape index (κ1) is 27.4. The summed E-state index contributed by atoms with van der Waals surface area (Å²) in [6.45, 7) is 8.24. The molecule has 0 bridgehead atoms. The zero-order valence-electron chi connectivity index (χ0n) is 23.5. The second-order valence-electron chi connectivity index (χ2n) is 11.8. The third kappa shape index (κ3) is 6.33. The van der Waals surface area contributed by atoms with Gasteiger partial charge in [0.15, 0.2) is 5.82 Å². The molecule has 2 saturated heterocycles. The number of aromatic nitrogens is 2. The number of nitrogens with one attached hydrogen (secondary N) is 1. The van der Waals surface area contributed by atoms with Crippen LogP contribution in [0.15, 0.2) is 4.79 Å². The first-order chi connectivity index (χ1) is 18.5. The van der Waals surface area contributed by atoms with E-state index in [-0.39, 0.29) is 30.2 Å². The van der Waals surface area contributed by atoms with Gasteiger partial charge in [0.1, 0.15) is 0 Å². The molecule has 0 spiro atoms. The van der Waals surface area contributed by atoms with Crippen LogP contribution in [0.1, 0.15) is 90.5 Å².